The van der Waals surface area contributed by atoms with Crippen LogP contribution in [-0.2, 0) is 18.4 Å². The fourth-order valence-electron chi connectivity index (χ4n) is 10.3. The summed E-state index contributed by atoms with van der Waals surface area (Å²) in [6.07, 6.45) is 87.7. The number of hydrogen-bond acceptors (Lipinski definition) is 5. The number of likely N-dealkylation sites (N-methyl/N-ethyl adjacent to an activating group) is 1. The lowest BCUT2D eigenvalue weighted by Crippen LogP contribution is -2.45. The molecule has 0 aliphatic heterocycles. The molecule has 3 unspecified atom stereocenters. The van der Waals surface area contributed by atoms with E-state index in [0.717, 1.165) is 70.6 Å². The number of hydrogen-bond donors (Lipinski definition) is 3. The number of amides is 1. The Balaban J connectivity index is 3.91. The Labute approximate surface area is 504 Å². The predicted molar refractivity (Wildman–Crippen MR) is 355 cm³/mol. The number of nitrogens with zero attached hydrogens (tertiary/aromatic N) is 1. The lowest BCUT2D eigenvalue weighted by molar-refractivity contribution is -0.870. The quantitative estimate of drug-likeness (QED) is 0.0243. The summed E-state index contributed by atoms with van der Waals surface area (Å²) in [5.74, 6) is -0.171. The highest BCUT2D eigenvalue weighted by atomic mass is 31.2. The molecule has 81 heavy (non-hydrogen) atoms. The monoisotopic (exact) mass is 1160 g/mol. The molecule has 0 aromatic carbocycles. The van der Waals surface area contributed by atoms with Crippen molar-refractivity contribution in [1.82, 2.24) is 5.32 Å². The first-order valence-electron chi connectivity index (χ1n) is 34.8. The van der Waals surface area contributed by atoms with Gasteiger partial charge < -0.3 is 19.8 Å². The number of aliphatic hydroxyl groups excluding tert-OH is 1. The van der Waals surface area contributed by atoms with Crippen LogP contribution < -0.4 is 5.32 Å². The van der Waals surface area contributed by atoms with Gasteiger partial charge >= 0.3 is 7.82 Å². The minimum atomic E-state index is -4.35. The molecular weight excluding hydrogens is 1020 g/mol. The molecule has 0 bridgehead atoms. The molecule has 3 N–H and O–H groups in total. The summed E-state index contributed by atoms with van der Waals surface area (Å²) < 4.78 is 23.8. The van der Waals surface area contributed by atoms with E-state index in [4.69, 9.17) is 9.05 Å². The molecule has 0 aromatic heterocycles. The smallest absolute Gasteiger partial charge is 0.387 e. The Morgan fingerprint density at radius 2 is 0.741 bits per heavy atom. The van der Waals surface area contributed by atoms with Gasteiger partial charge in [-0.05, 0) is 64.2 Å². The first-order chi connectivity index (χ1) is 39.5. The summed E-state index contributed by atoms with van der Waals surface area (Å²) in [5, 5.41) is 14.0. The third kappa shape index (κ3) is 65.3. The van der Waals surface area contributed by atoms with Crippen molar-refractivity contribution in [1.29, 1.82) is 0 Å². The second kappa shape index (κ2) is 62.5. The van der Waals surface area contributed by atoms with Crippen molar-refractivity contribution in [2.75, 3.05) is 40.9 Å². The van der Waals surface area contributed by atoms with E-state index in [-0.39, 0.29) is 19.1 Å². The van der Waals surface area contributed by atoms with Crippen LogP contribution in [0.1, 0.15) is 328 Å². The van der Waals surface area contributed by atoms with Crippen LogP contribution in [0.15, 0.2) is 72.9 Å². The van der Waals surface area contributed by atoms with Gasteiger partial charge in [0.15, 0.2) is 0 Å². The van der Waals surface area contributed by atoms with Gasteiger partial charge in [0.1, 0.15) is 13.2 Å². The Kier molecular flexibility index (Phi) is 60.9. The average molecular weight is 1160 g/mol. The van der Waals surface area contributed by atoms with Crippen LogP contribution in [0.3, 0.4) is 0 Å². The summed E-state index contributed by atoms with van der Waals surface area (Å²) in [6.45, 7) is 4.74. The fourth-order valence-corrected chi connectivity index (χ4v) is 11.0. The molecule has 0 aromatic rings. The molecule has 0 aliphatic carbocycles. The van der Waals surface area contributed by atoms with Gasteiger partial charge in [0.05, 0.1) is 39.9 Å². The normalized spacial score (nSPS) is 14.1. The summed E-state index contributed by atoms with van der Waals surface area (Å²) >= 11 is 0. The van der Waals surface area contributed by atoms with Crippen LogP contribution in [0.25, 0.3) is 0 Å². The highest BCUT2D eigenvalue weighted by Gasteiger charge is 2.28. The van der Waals surface area contributed by atoms with Gasteiger partial charge in [-0.3, -0.25) is 13.8 Å². The fraction of sp³-hybridized carbons (Fsp3) is 0.819. The van der Waals surface area contributed by atoms with E-state index < -0.39 is 20.0 Å². The molecule has 0 saturated heterocycles. The molecule has 0 spiro atoms. The zero-order valence-electron chi connectivity index (χ0n) is 54.3. The number of phosphoric ester groups is 1. The van der Waals surface area contributed by atoms with E-state index in [1.165, 1.54) is 238 Å². The van der Waals surface area contributed by atoms with Crippen molar-refractivity contribution in [2.45, 2.75) is 341 Å². The van der Waals surface area contributed by atoms with Crippen molar-refractivity contribution in [3.8, 4) is 0 Å². The second-order valence-electron chi connectivity index (χ2n) is 24.9. The Hall–Kier alpha value is -2.06. The first-order valence-corrected chi connectivity index (χ1v) is 36.3. The van der Waals surface area contributed by atoms with Gasteiger partial charge in [-0.1, -0.05) is 331 Å². The number of phosphoric acid groups is 1. The van der Waals surface area contributed by atoms with Crippen LogP contribution in [0, 0.1) is 0 Å². The lowest BCUT2D eigenvalue weighted by Gasteiger charge is -2.25. The number of quaternary nitrogens is 1. The molecule has 0 saturated carbocycles. The number of unbranched alkanes of at least 4 members (excludes halogenated alkanes) is 41. The number of carbonyl (C=O) groups excluding carboxylic acids is 1. The van der Waals surface area contributed by atoms with Gasteiger partial charge in [-0.15, -0.1) is 0 Å². The molecular formula is C72H136N2O6P+. The Morgan fingerprint density at radius 1 is 0.432 bits per heavy atom. The van der Waals surface area contributed by atoms with Crippen LogP contribution in [0.4, 0.5) is 0 Å². The standard InChI is InChI=1S/C72H135N2O6P/c1-6-8-10-12-14-16-18-20-22-24-26-27-28-29-30-31-32-33-34-35-36-37-38-39-40-41-42-43-44-45-46-47-48-50-52-54-56-58-60-62-64-66-72(76)73-70(69-80-81(77,78)79-68-67-74(3,4)5)71(75)65-63-61-59-57-55-53-51-49-25-23-21-19-17-15-13-11-9-7-2/h8,10,14,16,20,22,26-27,29-30,63,65,70-71,75H,6-7,9,11-13,15,17-19,21,23-25,28,31-62,64,66-69H2,1-5H3,(H-,73,76,77,78)/p+1/b10-8-,16-14-,22-20-,27-26-,30-29-,65-63+. The molecule has 474 valence electrons. The zero-order valence-corrected chi connectivity index (χ0v) is 55.2. The van der Waals surface area contributed by atoms with Crippen molar-refractivity contribution < 1.29 is 32.9 Å². The molecule has 0 heterocycles. The highest BCUT2D eigenvalue weighted by molar-refractivity contribution is 7.47. The molecule has 0 radical (unpaired) electrons. The SMILES string of the molecule is CC/C=C\C/C=C\C/C=C\C/C=C\C/C=C\CCCCCCCCCCCCCCCCCCCCCCCCCCCC(=O)NC(COP(=O)(O)OCC[N+](C)(C)C)C(O)/C=C/CCCCCCCCCCCCCCCCCC. The van der Waals surface area contributed by atoms with Crippen molar-refractivity contribution in [3.05, 3.63) is 72.9 Å². The van der Waals surface area contributed by atoms with E-state index in [1.807, 2.05) is 27.2 Å². The van der Waals surface area contributed by atoms with Crippen molar-refractivity contribution in [2.24, 2.45) is 0 Å². The van der Waals surface area contributed by atoms with Crippen LogP contribution in [0.2, 0.25) is 0 Å². The lowest BCUT2D eigenvalue weighted by atomic mass is 10.0. The molecule has 9 heteroatoms. The molecule has 3 atom stereocenters. The van der Waals surface area contributed by atoms with Crippen LogP contribution >= 0.6 is 7.82 Å². The van der Waals surface area contributed by atoms with E-state index >= 15 is 0 Å². The van der Waals surface area contributed by atoms with Gasteiger partial charge in [0.25, 0.3) is 0 Å². The summed E-state index contributed by atoms with van der Waals surface area (Å²) in [5.41, 5.74) is 0. The molecule has 0 fully saturated rings. The Bertz CT molecular complexity index is 1550. The number of rotatable bonds is 64. The maximum atomic E-state index is 13.0. The van der Waals surface area contributed by atoms with E-state index in [0.29, 0.717) is 17.4 Å². The zero-order chi connectivity index (χ0) is 59.1. The summed E-state index contributed by atoms with van der Waals surface area (Å²) in [6, 6.07) is -0.847. The number of carbonyl (C=O) groups is 1. The Morgan fingerprint density at radius 3 is 1.09 bits per heavy atom. The van der Waals surface area contributed by atoms with Crippen molar-refractivity contribution >= 4 is 13.7 Å². The van der Waals surface area contributed by atoms with Gasteiger partial charge in [-0.25, -0.2) is 4.57 Å². The first kappa shape index (κ1) is 78.9. The third-order valence-electron chi connectivity index (χ3n) is 15.7. The molecule has 8 nitrogen and oxygen atoms in total. The van der Waals surface area contributed by atoms with Crippen LogP contribution in [0.5, 0.6) is 0 Å². The second-order valence-corrected chi connectivity index (χ2v) is 26.3. The molecule has 1 amide bonds. The largest absolute Gasteiger partial charge is 0.472 e. The van der Waals surface area contributed by atoms with Gasteiger partial charge in [0, 0.05) is 6.42 Å². The summed E-state index contributed by atoms with van der Waals surface area (Å²) in [7, 11) is 1.58. The minimum absolute atomic E-state index is 0.0625. The van der Waals surface area contributed by atoms with Crippen molar-refractivity contribution in [3.63, 3.8) is 0 Å². The van der Waals surface area contributed by atoms with E-state index in [9.17, 15) is 19.4 Å². The number of nitrogens with one attached hydrogen (secondary N) is 1. The molecule has 0 aliphatic rings. The number of allylic oxidation sites excluding steroid dienone is 11. The highest BCUT2D eigenvalue weighted by Crippen LogP contribution is 2.43. The van der Waals surface area contributed by atoms with Crippen LogP contribution in [-0.4, -0.2) is 73.4 Å². The summed E-state index contributed by atoms with van der Waals surface area (Å²) in [4.78, 5) is 23.4. The topological polar surface area (TPSA) is 105 Å². The number of aliphatic hydroxyl groups is 1. The molecule has 0 rings (SSSR count). The maximum Gasteiger partial charge on any atom is 0.472 e. The van der Waals surface area contributed by atoms with E-state index in [2.05, 4.69) is 79.9 Å². The third-order valence-corrected chi connectivity index (χ3v) is 16.7. The van der Waals surface area contributed by atoms with Gasteiger partial charge in [0.2, 0.25) is 5.91 Å². The van der Waals surface area contributed by atoms with E-state index in [1.54, 1.807) is 6.08 Å². The van der Waals surface area contributed by atoms with Gasteiger partial charge in [-0.2, -0.15) is 0 Å². The predicted octanol–water partition coefficient (Wildman–Crippen LogP) is 22.2. The minimum Gasteiger partial charge on any atom is -0.387 e. The average Bonchev–Trinajstić information content (AvgIpc) is 3.43. The maximum absolute atomic E-state index is 13.0.